The lowest BCUT2D eigenvalue weighted by atomic mass is 9.43. The number of rotatable bonds is 11. The SMILES string of the molecule is O=C(Cc1cccc2cccc(CC(=O)Oc3ccc4c5c3O[C@H]3C(=O)CC[C@@]6(O)[C@@H](C4)C(NCC4CC4)CC[C@]536)c12)Oc1ccc2c3c1O[C@H]1C(=O)CC[C@@]4(O)[C@@H](C2)C(CC2CC2)CC[C@]314. The third kappa shape index (κ3) is 5.62. The number of aliphatic hydroxyl groups is 2. The van der Waals surface area contributed by atoms with Crippen LogP contribution in [0.4, 0.5) is 0 Å². The summed E-state index contributed by atoms with van der Waals surface area (Å²) in [7, 11) is 0. The molecule has 10 aliphatic rings. The Hall–Kier alpha value is -5.10. The normalized spacial score (nSPS) is 35.6. The molecule has 10 atom stereocenters. The number of hydrogen-bond acceptors (Lipinski definition) is 11. The van der Waals surface area contributed by atoms with E-state index in [1.54, 1.807) is 12.1 Å². The third-order valence-corrected chi connectivity index (χ3v) is 19.1. The second-order valence-electron chi connectivity index (χ2n) is 22.4. The number of esters is 2. The van der Waals surface area contributed by atoms with Crippen LogP contribution in [-0.4, -0.2) is 69.7 Å². The third-order valence-electron chi connectivity index (χ3n) is 19.1. The molecule has 67 heavy (non-hydrogen) atoms. The largest absolute Gasteiger partial charge is 0.477 e. The molecule has 2 spiro atoms. The van der Waals surface area contributed by atoms with Crippen LogP contribution in [0.5, 0.6) is 23.0 Å². The highest BCUT2D eigenvalue weighted by Gasteiger charge is 2.75. The molecule has 2 heterocycles. The Kier molecular flexibility index (Phi) is 8.69. The van der Waals surface area contributed by atoms with E-state index in [2.05, 4.69) is 5.32 Å². The maximum atomic E-state index is 14.1. The number of carbonyl (C=O) groups excluding carboxylic acids is 4. The molecule has 4 aromatic carbocycles. The lowest BCUT2D eigenvalue weighted by molar-refractivity contribution is -0.189. The lowest BCUT2D eigenvalue weighted by Gasteiger charge is -2.61. The van der Waals surface area contributed by atoms with Crippen molar-refractivity contribution in [2.45, 2.75) is 149 Å². The van der Waals surface area contributed by atoms with Gasteiger partial charge in [0.25, 0.3) is 0 Å². The summed E-state index contributed by atoms with van der Waals surface area (Å²) < 4.78 is 25.5. The first-order valence-corrected chi connectivity index (χ1v) is 25.3. The molecule has 6 saturated carbocycles. The molecule has 3 N–H and O–H groups in total. The van der Waals surface area contributed by atoms with Crippen molar-refractivity contribution in [1.82, 2.24) is 5.32 Å². The summed E-state index contributed by atoms with van der Waals surface area (Å²) in [4.78, 5) is 55.6. The molecule has 11 heteroatoms. The van der Waals surface area contributed by atoms with Gasteiger partial charge in [-0.05, 0) is 146 Å². The summed E-state index contributed by atoms with van der Waals surface area (Å²) >= 11 is 0. The van der Waals surface area contributed by atoms with Gasteiger partial charge in [0.1, 0.15) is 0 Å². The molecule has 0 aromatic heterocycles. The fraction of sp³-hybridized carbons (Fsp3) is 0.536. The van der Waals surface area contributed by atoms with Gasteiger partial charge in [0.15, 0.2) is 46.8 Å². The fourth-order valence-electron chi connectivity index (χ4n) is 15.9. The first-order chi connectivity index (χ1) is 32.5. The molecule has 8 aliphatic carbocycles. The molecule has 6 fully saturated rings. The summed E-state index contributed by atoms with van der Waals surface area (Å²) in [5.41, 5.74) is 1.32. The zero-order valence-electron chi connectivity index (χ0n) is 37.8. The molecular formula is C56H57NO10. The number of benzene rings is 4. The van der Waals surface area contributed by atoms with Crippen LogP contribution in [0.2, 0.25) is 0 Å². The summed E-state index contributed by atoms with van der Waals surface area (Å²) in [6.45, 7) is 0.960. The highest BCUT2D eigenvalue weighted by Crippen LogP contribution is 2.70. The predicted molar refractivity (Wildman–Crippen MR) is 244 cm³/mol. The van der Waals surface area contributed by atoms with Crippen molar-refractivity contribution in [3.63, 3.8) is 0 Å². The van der Waals surface area contributed by atoms with E-state index in [0.717, 1.165) is 71.2 Å². The van der Waals surface area contributed by atoms with Crippen molar-refractivity contribution in [1.29, 1.82) is 0 Å². The Bertz CT molecular complexity index is 2860. The minimum absolute atomic E-state index is 0.00257. The Morgan fingerprint density at radius 2 is 1.18 bits per heavy atom. The number of hydrogen-bond donors (Lipinski definition) is 3. The fourth-order valence-corrected chi connectivity index (χ4v) is 15.9. The zero-order valence-corrected chi connectivity index (χ0v) is 37.8. The molecule has 0 radical (unpaired) electrons. The average Bonchev–Trinajstić information content (AvgIpc) is 4.24. The van der Waals surface area contributed by atoms with Gasteiger partial charge in [-0.1, -0.05) is 61.4 Å². The van der Waals surface area contributed by atoms with E-state index < -0.39 is 46.2 Å². The zero-order chi connectivity index (χ0) is 45.2. The maximum Gasteiger partial charge on any atom is 0.315 e. The molecule has 4 aromatic rings. The Morgan fingerprint density at radius 3 is 1.75 bits per heavy atom. The first kappa shape index (κ1) is 40.9. The quantitative estimate of drug-likeness (QED) is 0.105. The van der Waals surface area contributed by atoms with Gasteiger partial charge in [0, 0.05) is 35.9 Å². The van der Waals surface area contributed by atoms with Crippen molar-refractivity contribution < 1.29 is 48.3 Å². The van der Waals surface area contributed by atoms with Gasteiger partial charge in [-0.15, -0.1) is 0 Å². The minimum atomic E-state index is -1.11. The van der Waals surface area contributed by atoms with Crippen LogP contribution in [0.15, 0.2) is 60.7 Å². The molecule has 2 aliphatic heterocycles. The van der Waals surface area contributed by atoms with E-state index in [4.69, 9.17) is 18.9 Å². The van der Waals surface area contributed by atoms with Gasteiger partial charge in [0.05, 0.1) is 34.9 Å². The standard InChI is InChI=1S/C56H57NO10/c58-40-17-21-55(62)37-24-35-11-13-42(49-47(35)53(55,51(40)66-49)19-15-32(37)23-29-7-8-29)64-44(60)26-33-5-1-3-31-4-2-6-34(46(31)33)27-45(61)65-43-14-12-36-25-38-39(57-28-30-9-10-30)16-20-54-48(36)50(43)67-52(54)41(59)18-22-56(38,54)63/h1-6,11-14,29-30,32,37-39,51-52,57,62-63H,7-10,15-28H2/t32?,37-,38-,39?,51-,52-,53-,54-,55+,56+/m0/s1. The summed E-state index contributed by atoms with van der Waals surface area (Å²) in [5, 5.41) is 30.9. The van der Waals surface area contributed by atoms with Gasteiger partial charge < -0.3 is 34.5 Å². The second-order valence-corrected chi connectivity index (χ2v) is 22.4. The monoisotopic (exact) mass is 903 g/mol. The number of nitrogens with one attached hydrogen (secondary N) is 1. The number of carbonyl (C=O) groups is 4. The summed E-state index contributed by atoms with van der Waals surface area (Å²) in [6.07, 6.45) is 10.2. The Morgan fingerprint density at radius 1 is 0.642 bits per heavy atom. The van der Waals surface area contributed by atoms with Crippen LogP contribution in [-0.2, 0) is 55.7 Å². The second kappa shape index (κ2) is 14.2. The highest BCUT2D eigenvalue weighted by molar-refractivity contribution is 5.95. The van der Waals surface area contributed by atoms with Crippen LogP contribution in [0, 0.1) is 29.6 Å². The molecule has 14 rings (SSSR count). The van der Waals surface area contributed by atoms with Gasteiger partial charge in [0.2, 0.25) is 0 Å². The van der Waals surface area contributed by atoms with Gasteiger partial charge in [-0.2, -0.15) is 0 Å². The summed E-state index contributed by atoms with van der Waals surface area (Å²) in [5.74, 6) is 2.18. The lowest BCUT2D eigenvalue weighted by Crippen LogP contribution is -2.73. The number of fused-ring (bicyclic) bond motifs is 1. The number of Topliss-reactive ketones (excluding diaryl/α,β-unsaturated/α-hetero) is 2. The van der Waals surface area contributed by atoms with Crippen LogP contribution in [0.3, 0.4) is 0 Å². The van der Waals surface area contributed by atoms with Crippen LogP contribution >= 0.6 is 0 Å². The molecule has 4 bridgehead atoms. The molecule has 0 amide bonds. The smallest absolute Gasteiger partial charge is 0.315 e. The van der Waals surface area contributed by atoms with E-state index in [9.17, 15) is 29.4 Å². The van der Waals surface area contributed by atoms with E-state index in [1.165, 1.54) is 25.7 Å². The Labute approximate surface area is 389 Å². The van der Waals surface area contributed by atoms with Crippen molar-refractivity contribution in [2.75, 3.05) is 6.54 Å². The van der Waals surface area contributed by atoms with Crippen molar-refractivity contribution in [3.05, 3.63) is 94.0 Å². The number of ketones is 2. The average molecular weight is 904 g/mol. The van der Waals surface area contributed by atoms with Crippen LogP contribution in [0.1, 0.15) is 117 Å². The van der Waals surface area contributed by atoms with Gasteiger partial charge in [-0.25, -0.2) is 0 Å². The van der Waals surface area contributed by atoms with Crippen molar-refractivity contribution >= 4 is 34.3 Å². The van der Waals surface area contributed by atoms with E-state index >= 15 is 0 Å². The highest BCUT2D eigenvalue weighted by atomic mass is 16.6. The van der Waals surface area contributed by atoms with E-state index in [1.807, 2.05) is 48.5 Å². The topological polar surface area (TPSA) is 158 Å². The Balaban J connectivity index is 0.731. The first-order valence-electron chi connectivity index (χ1n) is 25.3. The summed E-state index contributed by atoms with van der Waals surface area (Å²) in [6, 6.07) is 19.1. The molecule has 0 saturated heterocycles. The predicted octanol–water partition coefficient (Wildman–Crippen LogP) is 7.04. The molecule has 11 nitrogen and oxygen atoms in total. The molecule has 346 valence electrons. The molecular weight excluding hydrogens is 847 g/mol. The molecule has 2 unspecified atom stereocenters. The van der Waals surface area contributed by atoms with Gasteiger partial charge >= 0.3 is 11.9 Å². The number of ether oxygens (including phenoxy) is 4. The van der Waals surface area contributed by atoms with Crippen molar-refractivity contribution in [3.8, 4) is 23.0 Å². The van der Waals surface area contributed by atoms with Gasteiger partial charge in [-0.3, -0.25) is 19.2 Å². The van der Waals surface area contributed by atoms with Crippen molar-refractivity contribution in [2.24, 2.45) is 29.6 Å². The van der Waals surface area contributed by atoms with E-state index in [-0.39, 0.29) is 66.6 Å². The van der Waals surface area contributed by atoms with Crippen LogP contribution < -0.4 is 24.3 Å². The maximum absolute atomic E-state index is 14.1. The minimum Gasteiger partial charge on any atom is -0.477 e. The van der Waals surface area contributed by atoms with Crippen LogP contribution in [0.25, 0.3) is 10.8 Å². The van der Waals surface area contributed by atoms with E-state index in [0.29, 0.717) is 66.6 Å².